The van der Waals surface area contributed by atoms with Gasteiger partial charge in [0.2, 0.25) is 0 Å². The molecule has 0 bridgehead atoms. The number of aliphatic hydroxyl groups is 2. The van der Waals surface area contributed by atoms with Crippen molar-refractivity contribution in [2.24, 2.45) is 0 Å². The summed E-state index contributed by atoms with van der Waals surface area (Å²) in [6.07, 6.45) is -0.879. The molecule has 1 aliphatic heterocycles. The van der Waals surface area contributed by atoms with Crippen LogP contribution in [-0.2, 0) is 6.42 Å². The van der Waals surface area contributed by atoms with Crippen LogP contribution in [0.4, 0.5) is 0 Å². The Bertz CT molecular complexity index is 400. The first-order valence-electron chi connectivity index (χ1n) is 5.22. The summed E-state index contributed by atoms with van der Waals surface area (Å²) in [4.78, 5) is 10.6. The van der Waals surface area contributed by atoms with E-state index >= 15 is 0 Å². The van der Waals surface area contributed by atoms with Gasteiger partial charge in [0, 0.05) is 12.0 Å². The first-order valence-corrected chi connectivity index (χ1v) is 5.22. The molecular formula is C12H14O4. The highest BCUT2D eigenvalue weighted by Gasteiger charge is 2.31. The van der Waals surface area contributed by atoms with E-state index in [2.05, 4.69) is 0 Å². The summed E-state index contributed by atoms with van der Waals surface area (Å²) in [5.74, 6) is 0.676. The Labute approximate surface area is 93.5 Å². The molecule has 0 spiro atoms. The fourth-order valence-corrected chi connectivity index (χ4v) is 1.87. The average molecular weight is 222 g/mol. The predicted octanol–water partition coefficient (Wildman–Crippen LogP) is 0.544. The summed E-state index contributed by atoms with van der Waals surface area (Å²) in [5.41, 5.74) is 1.49. The van der Waals surface area contributed by atoms with Crippen LogP contribution in [0.25, 0.3) is 0 Å². The van der Waals surface area contributed by atoms with Gasteiger partial charge in [-0.15, -0.1) is 0 Å². The van der Waals surface area contributed by atoms with Gasteiger partial charge in [0.05, 0.1) is 6.10 Å². The molecule has 0 aliphatic carbocycles. The summed E-state index contributed by atoms with van der Waals surface area (Å²) in [6.45, 7) is 1.52. The molecule has 2 N–H and O–H groups in total. The third-order valence-corrected chi connectivity index (χ3v) is 2.80. The summed E-state index contributed by atoms with van der Waals surface area (Å²) in [6, 6.07) is 5.13. The molecule has 0 radical (unpaired) electrons. The smallest absolute Gasteiger partial charge is 0.150 e. The Morgan fingerprint density at radius 1 is 1.50 bits per heavy atom. The SMILES string of the molecule is CC(O)C(O)C1Cc2cc(C=O)ccc2O1. The summed E-state index contributed by atoms with van der Waals surface area (Å²) in [7, 11) is 0. The van der Waals surface area contributed by atoms with Crippen molar-refractivity contribution in [2.75, 3.05) is 0 Å². The molecule has 4 nitrogen and oxygen atoms in total. The molecule has 0 fully saturated rings. The van der Waals surface area contributed by atoms with Crippen LogP contribution in [0.3, 0.4) is 0 Å². The molecule has 1 heterocycles. The number of benzene rings is 1. The van der Waals surface area contributed by atoms with Gasteiger partial charge in [-0.3, -0.25) is 4.79 Å². The van der Waals surface area contributed by atoms with Crippen LogP contribution in [0.15, 0.2) is 18.2 Å². The number of hydrogen-bond acceptors (Lipinski definition) is 4. The maximum absolute atomic E-state index is 10.6. The number of aldehydes is 1. The van der Waals surface area contributed by atoms with Crippen LogP contribution >= 0.6 is 0 Å². The first-order chi connectivity index (χ1) is 7.61. The van der Waals surface area contributed by atoms with Crippen LogP contribution in [-0.4, -0.2) is 34.8 Å². The number of carbonyl (C=O) groups excluding carboxylic acids is 1. The van der Waals surface area contributed by atoms with Crippen LogP contribution in [0, 0.1) is 0 Å². The van der Waals surface area contributed by atoms with Crippen molar-refractivity contribution in [2.45, 2.75) is 31.7 Å². The number of hydrogen-bond donors (Lipinski definition) is 2. The van der Waals surface area contributed by atoms with E-state index in [1.54, 1.807) is 18.2 Å². The van der Waals surface area contributed by atoms with Gasteiger partial charge in [-0.25, -0.2) is 0 Å². The van der Waals surface area contributed by atoms with Crippen LogP contribution in [0.5, 0.6) is 5.75 Å². The fourth-order valence-electron chi connectivity index (χ4n) is 1.87. The maximum Gasteiger partial charge on any atom is 0.150 e. The number of carbonyl (C=O) groups is 1. The second-order valence-corrected chi connectivity index (χ2v) is 4.08. The van der Waals surface area contributed by atoms with E-state index in [1.165, 1.54) is 6.92 Å². The minimum atomic E-state index is -0.910. The van der Waals surface area contributed by atoms with Crippen molar-refractivity contribution in [1.29, 1.82) is 0 Å². The van der Waals surface area contributed by atoms with Crippen molar-refractivity contribution in [3.05, 3.63) is 29.3 Å². The molecule has 0 saturated heterocycles. The van der Waals surface area contributed by atoms with E-state index in [-0.39, 0.29) is 0 Å². The minimum absolute atomic E-state index is 0.433. The van der Waals surface area contributed by atoms with Gasteiger partial charge >= 0.3 is 0 Å². The molecule has 3 atom stereocenters. The zero-order valence-corrected chi connectivity index (χ0v) is 8.96. The van der Waals surface area contributed by atoms with Crippen molar-refractivity contribution < 1.29 is 19.7 Å². The van der Waals surface area contributed by atoms with Gasteiger partial charge in [-0.05, 0) is 30.7 Å². The molecule has 0 aromatic heterocycles. The zero-order chi connectivity index (χ0) is 11.7. The van der Waals surface area contributed by atoms with Gasteiger partial charge in [-0.2, -0.15) is 0 Å². The minimum Gasteiger partial charge on any atom is -0.487 e. The van der Waals surface area contributed by atoms with Gasteiger partial charge in [0.1, 0.15) is 24.2 Å². The molecule has 16 heavy (non-hydrogen) atoms. The van der Waals surface area contributed by atoms with E-state index in [0.717, 1.165) is 11.8 Å². The first kappa shape index (κ1) is 11.1. The van der Waals surface area contributed by atoms with Gasteiger partial charge in [0.15, 0.2) is 0 Å². The van der Waals surface area contributed by atoms with Gasteiger partial charge in [-0.1, -0.05) is 0 Å². The second kappa shape index (κ2) is 4.23. The maximum atomic E-state index is 10.6. The average Bonchev–Trinajstić information content (AvgIpc) is 2.69. The highest BCUT2D eigenvalue weighted by Crippen LogP contribution is 2.31. The van der Waals surface area contributed by atoms with Crippen LogP contribution in [0.1, 0.15) is 22.8 Å². The lowest BCUT2D eigenvalue weighted by Crippen LogP contribution is -2.38. The molecule has 86 valence electrons. The summed E-state index contributed by atoms with van der Waals surface area (Å²) >= 11 is 0. The molecule has 0 saturated carbocycles. The quantitative estimate of drug-likeness (QED) is 0.733. The van der Waals surface area contributed by atoms with Crippen molar-refractivity contribution in [1.82, 2.24) is 0 Å². The van der Waals surface area contributed by atoms with E-state index in [4.69, 9.17) is 4.74 Å². The Morgan fingerprint density at radius 2 is 2.25 bits per heavy atom. The molecule has 1 aromatic carbocycles. The molecule has 1 aliphatic rings. The Kier molecular flexibility index (Phi) is 2.94. The topological polar surface area (TPSA) is 66.8 Å². The number of ether oxygens (including phenoxy) is 1. The number of fused-ring (bicyclic) bond motifs is 1. The third kappa shape index (κ3) is 1.94. The lowest BCUT2D eigenvalue weighted by atomic mass is 10.0. The molecule has 2 rings (SSSR count). The summed E-state index contributed by atoms with van der Waals surface area (Å²) in [5, 5.41) is 19.0. The molecule has 0 amide bonds. The van der Waals surface area contributed by atoms with E-state index in [9.17, 15) is 15.0 Å². The van der Waals surface area contributed by atoms with Crippen LogP contribution < -0.4 is 4.74 Å². The largest absolute Gasteiger partial charge is 0.487 e. The normalized spacial score (nSPS) is 22.1. The molecule has 3 unspecified atom stereocenters. The van der Waals surface area contributed by atoms with E-state index < -0.39 is 18.3 Å². The van der Waals surface area contributed by atoms with Gasteiger partial charge in [0.25, 0.3) is 0 Å². The van der Waals surface area contributed by atoms with Crippen molar-refractivity contribution in [3.8, 4) is 5.75 Å². The van der Waals surface area contributed by atoms with E-state index in [1.807, 2.05) is 0 Å². The lowest BCUT2D eigenvalue weighted by molar-refractivity contribution is -0.0332. The standard InChI is InChI=1S/C12H14O4/c1-7(14)12(15)11-5-9-4-8(6-13)2-3-10(9)16-11/h2-4,6-7,11-12,14-15H,5H2,1H3. The lowest BCUT2D eigenvalue weighted by Gasteiger charge is -2.20. The fraction of sp³-hybridized carbons (Fsp3) is 0.417. The predicted molar refractivity (Wildman–Crippen MR) is 57.6 cm³/mol. The Hall–Kier alpha value is -1.39. The summed E-state index contributed by atoms with van der Waals surface area (Å²) < 4.78 is 5.50. The highest BCUT2D eigenvalue weighted by atomic mass is 16.5. The van der Waals surface area contributed by atoms with Crippen molar-refractivity contribution in [3.63, 3.8) is 0 Å². The highest BCUT2D eigenvalue weighted by molar-refractivity contribution is 5.75. The Balaban J connectivity index is 2.17. The molecular weight excluding hydrogens is 208 g/mol. The number of aliphatic hydroxyl groups excluding tert-OH is 2. The molecule has 1 aromatic rings. The number of rotatable bonds is 3. The van der Waals surface area contributed by atoms with Crippen LogP contribution in [0.2, 0.25) is 0 Å². The monoisotopic (exact) mass is 222 g/mol. The molecule has 4 heteroatoms. The Morgan fingerprint density at radius 3 is 2.88 bits per heavy atom. The van der Waals surface area contributed by atoms with E-state index in [0.29, 0.717) is 17.7 Å². The van der Waals surface area contributed by atoms with Gasteiger partial charge < -0.3 is 14.9 Å². The third-order valence-electron chi connectivity index (χ3n) is 2.80. The van der Waals surface area contributed by atoms with Crippen molar-refractivity contribution >= 4 is 6.29 Å². The second-order valence-electron chi connectivity index (χ2n) is 4.08. The zero-order valence-electron chi connectivity index (χ0n) is 8.96.